The monoisotopic (exact) mass is 231 g/mol. The lowest BCUT2D eigenvalue weighted by Gasteiger charge is -2.28. The molecular formula is C10H17NO5. The second-order valence-electron chi connectivity index (χ2n) is 3.66. The number of nitrogens with zero attached hydrogens (tertiary/aromatic N) is 1. The third-order valence-corrected chi connectivity index (χ3v) is 2.38. The van der Waals surface area contributed by atoms with Gasteiger partial charge in [0.15, 0.2) is 0 Å². The van der Waals surface area contributed by atoms with Crippen LogP contribution >= 0.6 is 0 Å². The minimum absolute atomic E-state index is 0.228. The van der Waals surface area contributed by atoms with Crippen molar-refractivity contribution in [1.29, 1.82) is 0 Å². The molecule has 0 N–H and O–H groups in total. The fourth-order valence-electron chi connectivity index (χ4n) is 1.51. The third kappa shape index (κ3) is 4.59. The maximum absolute atomic E-state index is 11.4. The zero-order chi connectivity index (χ0) is 11.8. The van der Waals surface area contributed by atoms with E-state index in [1.807, 2.05) is 0 Å². The number of hydrogen-bond donors (Lipinski definition) is 0. The Bertz CT molecular complexity index is 227. The summed E-state index contributed by atoms with van der Waals surface area (Å²) in [6.45, 7) is 5.45. The minimum Gasteiger partial charge on any atom is -0.430 e. The molecule has 1 fully saturated rings. The number of esters is 1. The Labute approximate surface area is 94.4 Å². The molecule has 0 radical (unpaired) electrons. The number of carbonyl (C=O) groups excluding carboxylic acids is 2. The highest BCUT2D eigenvalue weighted by Crippen LogP contribution is 2.05. The summed E-state index contributed by atoms with van der Waals surface area (Å²) >= 11 is 0. The van der Waals surface area contributed by atoms with Gasteiger partial charge in [0, 0.05) is 19.6 Å². The zero-order valence-corrected chi connectivity index (χ0v) is 9.39. The molecular weight excluding hydrogens is 214 g/mol. The Morgan fingerprint density at radius 2 is 2.19 bits per heavy atom. The summed E-state index contributed by atoms with van der Waals surface area (Å²) in [7, 11) is 0. The first kappa shape index (κ1) is 12.9. The molecule has 1 aliphatic heterocycles. The highest BCUT2D eigenvalue weighted by Gasteiger charge is 2.19. The van der Waals surface area contributed by atoms with Crippen molar-refractivity contribution in [2.24, 2.45) is 5.92 Å². The normalized spacial score (nSPS) is 18.8. The van der Waals surface area contributed by atoms with E-state index in [1.165, 1.54) is 0 Å². The van der Waals surface area contributed by atoms with Crippen LogP contribution in [0.4, 0.5) is 0 Å². The van der Waals surface area contributed by atoms with E-state index in [-0.39, 0.29) is 25.2 Å². The lowest BCUT2D eigenvalue weighted by atomic mass is 10.1. The van der Waals surface area contributed by atoms with Crippen LogP contribution in [0.5, 0.6) is 0 Å². The van der Waals surface area contributed by atoms with Crippen molar-refractivity contribution >= 4 is 12.4 Å². The van der Waals surface area contributed by atoms with E-state index in [2.05, 4.69) is 9.64 Å². The van der Waals surface area contributed by atoms with E-state index >= 15 is 0 Å². The highest BCUT2D eigenvalue weighted by molar-refractivity contribution is 5.72. The van der Waals surface area contributed by atoms with Crippen LogP contribution in [-0.4, -0.2) is 57.0 Å². The predicted octanol–water partition coefficient (Wildman–Crippen LogP) is -0.372. The summed E-state index contributed by atoms with van der Waals surface area (Å²) in [5, 5.41) is 0. The Morgan fingerprint density at radius 1 is 1.50 bits per heavy atom. The molecule has 1 aliphatic rings. The number of carbonyl (C=O) groups is 2. The Kier molecular flexibility index (Phi) is 5.81. The van der Waals surface area contributed by atoms with Gasteiger partial charge in [0.2, 0.25) is 6.79 Å². The standard InChI is InChI=1S/C10H17NO5/c1-9(10(13)16-8-15-7-12)6-11-2-4-14-5-3-11/h7,9H,2-6,8H2,1H3. The van der Waals surface area contributed by atoms with Crippen molar-refractivity contribution in [1.82, 2.24) is 4.90 Å². The highest BCUT2D eigenvalue weighted by atomic mass is 16.7. The van der Waals surface area contributed by atoms with Crippen LogP contribution in [0.2, 0.25) is 0 Å². The predicted molar refractivity (Wildman–Crippen MR) is 54.5 cm³/mol. The summed E-state index contributed by atoms with van der Waals surface area (Å²) in [4.78, 5) is 23.4. The molecule has 0 aliphatic carbocycles. The molecule has 0 aromatic carbocycles. The van der Waals surface area contributed by atoms with Crippen molar-refractivity contribution in [2.75, 3.05) is 39.6 Å². The molecule has 1 saturated heterocycles. The number of rotatable bonds is 6. The average molecular weight is 231 g/mol. The fraction of sp³-hybridized carbons (Fsp3) is 0.800. The van der Waals surface area contributed by atoms with Gasteiger partial charge in [-0.3, -0.25) is 14.5 Å². The van der Waals surface area contributed by atoms with Crippen LogP contribution in [0.3, 0.4) is 0 Å². The minimum atomic E-state index is -0.353. The zero-order valence-electron chi connectivity index (χ0n) is 9.39. The van der Waals surface area contributed by atoms with Gasteiger partial charge in [-0.25, -0.2) is 0 Å². The summed E-state index contributed by atoms with van der Waals surface area (Å²) in [5.74, 6) is -0.582. The van der Waals surface area contributed by atoms with Crippen LogP contribution in [0.25, 0.3) is 0 Å². The van der Waals surface area contributed by atoms with E-state index < -0.39 is 0 Å². The number of morpholine rings is 1. The topological polar surface area (TPSA) is 65.1 Å². The van der Waals surface area contributed by atoms with Crippen LogP contribution in [0.1, 0.15) is 6.92 Å². The van der Waals surface area contributed by atoms with E-state index in [9.17, 15) is 9.59 Å². The van der Waals surface area contributed by atoms with Gasteiger partial charge in [0.25, 0.3) is 6.47 Å². The van der Waals surface area contributed by atoms with Gasteiger partial charge < -0.3 is 14.2 Å². The van der Waals surface area contributed by atoms with E-state index in [0.717, 1.165) is 13.1 Å². The Balaban J connectivity index is 2.19. The average Bonchev–Trinajstić information content (AvgIpc) is 2.30. The maximum Gasteiger partial charge on any atom is 0.312 e. The lowest BCUT2D eigenvalue weighted by molar-refractivity contribution is -0.164. The van der Waals surface area contributed by atoms with Gasteiger partial charge in [-0.15, -0.1) is 0 Å². The quantitative estimate of drug-likeness (QED) is 0.269. The molecule has 16 heavy (non-hydrogen) atoms. The van der Waals surface area contributed by atoms with Crippen molar-refractivity contribution in [3.05, 3.63) is 0 Å². The molecule has 0 amide bonds. The fourth-order valence-corrected chi connectivity index (χ4v) is 1.51. The molecule has 1 unspecified atom stereocenters. The number of ether oxygens (including phenoxy) is 3. The van der Waals surface area contributed by atoms with Crippen molar-refractivity contribution < 1.29 is 23.8 Å². The first-order valence-corrected chi connectivity index (χ1v) is 5.26. The van der Waals surface area contributed by atoms with Crippen LogP contribution in [0.15, 0.2) is 0 Å². The summed E-state index contributed by atoms with van der Waals surface area (Å²) in [6.07, 6.45) is 0. The maximum atomic E-state index is 11.4. The molecule has 0 bridgehead atoms. The van der Waals surface area contributed by atoms with Gasteiger partial charge in [0.05, 0.1) is 19.1 Å². The van der Waals surface area contributed by atoms with Crippen LogP contribution in [-0.2, 0) is 23.8 Å². The summed E-state index contributed by atoms with van der Waals surface area (Å²) in [6, 6.07) is 0. The Hall–Kier alpha value is -1.14. The van der Waals surface area contributed by atoms with Gasteiger partial charge in [-0.05, 0) is 0 Å². The van der Waals surface area contributed by atoms with Crippen LogP contribution < -0.4 is 0 Å². The molecule has 0 spiro atoms. The van der Waals surface area contributed by atoms with Crippen molar-refractivity contribution in [2.45, 2.75) is 6.92 Å². The molecule has 92 valence electrons. The van der Waals surface area contributed by atoms with Gasteiger partial charge in [-0.2, -0.15) is 0 Å². The Morgan fingerprint density at radius 3 is 2.81 bits per heavy atom. The van der Waals surface area contributed by atoms with E-state index in [0.29, 0.717) is 19.8 Å². The largest absolute Gasteiger partial charge is 0.430 e. The van der Waals surface area contributed by atoms with Crippen LogP contribution in [0, 0.1) is 5.92 Å². The van der Waals surface area contributed by atoms with Gasteiger partial charge >= 0.3 is 5.97 Å². The van der Waals surface area contributed by atoms with Crippen molar-refractivity contribution in [3.8, 4) is 0 Å². The summed E-state index contributed by atoms with van der Waals surface area (Å²) < 4.78 is 14.2. The molecule has 6 nitrogen and oxygen atoms in total. The molecule has 6 heteroatoms. The molecule has 0 aromatic rings. The number of hydrogen-bond acceptors (Lipinski definition) is 6. The smallest absolute Gasteiger partial charge is 0.312 e. The second kappa shape index (κ2) is 7.19. The SMILES string of the molecule is CC(CN1CCOCC1)C(=O)OCOC=O. The van der Waals surface area contributed by atoms with Gasteiger partial charge in [-0.1, -0.05) is 6.92 Å². The first-order chi connectivity index (χ1) is 7.74. The van der Waals surface area contributed by atoms with E-state index in [4.69, 9.17) is 9.47 Å². The molecule has 1 rings (SSSR count). The third-order valence-electron chi connectivity index (χ3n) is 2.38. The van der Waals surface area contributed by atoms with Crippen molar-refractivity contribution in [3.63, 3.8) is 0 Å². The van der Waals surface area contributed by atoms with Gasteiger partial charge in [0.1, 0.15) is 0 Å². The first-order valence-electron chi connectivity index (χ1n) is 5.26. The molecule has 1 atom stereocenters. The summed E-state index contributed by atoms with van der Waals surface area (Å²) in [5.41, 5.74) is 0. The lowest BCUT2D eigenvalue weighted by Crippen LogP contribution is -2.40. The molecule has 1 heterocycles. The van der Waals surface area contributed by atoms with E-state index in [1.54, 1.807) is 6.92 Å². The molecule has 0 aromatic heterocycles. The molecule has 0 saturated carbocycles. The second-order valence-corrected chi connectivity index (χ2v) is 3.66.